The molecule has 0 unspecified atom stereocenters. The highest BCUT2D eigenvalue weighted by Crippen LogP contribution is 2.23. The van der Waals surface area contributed by atoms with Crippen molar-refractivity contribution < 1.29 is 4.74 Å². The van der Waals surface area contributed by atoms with Gasteiger partial charge >= 0.3 is 0 Å². The molecule has 0 radical (unpaired) electrons. The Hall–Kier alpha value is -2.66. The minimum atomic E-state index is 0.678. The van der Waals surface area contributed by atoms with Crippen molar-refractivity contribution in [2.45, 2.75) is 0 Å². The first-order valence-electron chi connectivity index (χ1n) is 6.22. The summed E-state index contributed by atoms with van der Waals surface area (Å²) in [4.78, 5) is 0. The summed E-state index contributed by atoms with van der Waals surface area (Å²) in [6.07, 6.45) is 4.74. The zero-order chi connectivity index (χ0) is 14.5. The van der Waals surface area contributed by atoms with Crippen LogP contribution in [0.4, 0.5) is 0 Å². The predicted octanol–water partition coefficient (Wildman–Crippen LogP) is 3.61. The third-order valence-electron chi connectivity index (χ3n) is 2.65. The van der Waals surface area contributed by atoms with Gasteiger partial charge in [0.1, 0.15) is 24.2 Å². The molecule has 3 rings (SSSR count). The predicted molar refractivity (Wildman–Crippen MR) is 81.0 cm³/mol. The smallest absolute Gasteiger partial charge is 0.141 e. The third-order valence-corrected chi connectivity index (χ3v) is 2.91. The van der Waals surface area contributed by atoms with Crippen LogP contribution >= 0.6 is 11.6 Å². The van der Waals surface area contributed by atoms with E-state index < -0.39 is 0 Å². The number of nitrogens with zero attached hydrogens (tertiary/aromatic N) is 4. The van der Waals surface area contributed by atoms with Crippen molar-refractivity contribution in [2.75, 3.05) is 0 Å². The summed E-state index contributed by atoms with van der Waals surface area (Å²) in [5, 5.41) is 12.2. The van der Waals surface area contributed by atoms with Crippen molar-refractivity contribution in [2.24, 2.45) is 5.10 Å². The van der Waals surface area contributed by atoms with Gasteiger partial charge < -0.3 is 4.74 Å². The molecule has 5 nitrogen and oxygen atoms in total. The minimum absolute atomic E-state index is 0.678. The van der Waals surface area contributed by atoms with E-state index >= 15 is 0 Å². The summed E-state index contributed by atoms with van der Waals surface area (Å²) in [7, 11) is 0. The van der Waals surface area contributed by atoms with Gasteiger partial charge in [0.05, 0.1) is 6.21 Å². The molecule has 1 aromatic heterocycles. The van der Waals surface area contributed by atoms with E-state index in [0.717, 1.165) is 17.1 Å². The molecule has 0 bridgehead atoms. The van der Waals surface area contributed by atoms with Crippen LogP contribution in [0.15, 0.2) is 66.3 Å². The average Bonchev–Trinajstić information content (AvgIpc) is 3.01. The van der Waals surface area contributed by atoms with E-state index in [0.29, 0.717) is 5.02 Å². The second kappa shape index (κ2) is 6.19. The van der Waals surface area contributed by atoms with E-state index in [-0.39, 0.29) is 0 Å². The summed E-state index contributed by atoms with van der Waals surface area (Å²) in [5.74, 6) is 1.46. The molecule has 0 amide bonds. The largest absolute Gasteiger partial charge is 0.457 e. The standard InChI is InChI=1S/C15H11ClN4O/c16-13-4-6-14(7-5-13)21-15-3-1-2-12(8-15)9-19-20-10-17-18-11-20/h1-11H/b19-9+. The molecule has 0 N–H and O–H groups in total. The molecule has 0 fully saturated rings. The fraction of sp³-hybridized carbons (Fsp3) is 0. The number of aromatic nitrogens is 3. The summed E-state index contributed by atoms with van der Waals surface area (Å²) >= 11 is 5.84. The van der Waals surface area contributed by atoms with Crippen LogP contribution in [-0.2, 0) is 0 Å². The second-order valence-corrected chi connectivity index (χ2v) is 4.65. The number of hydrogen-bond acceptors (Lipinski definition) is 4. The summed E-state index contributed by atoms with van der Waals surface area (Å²) in [6, 6.07) is 14.8. The number of ether oxygens (including phenoxy) is 1. The highest BCUT2D eigenvalue weighted by Gasteiger charge is 1.98. The SMILES string of the molecule is Clc1ccc(Oc2cccc(/C=N/n3cnnc3)c2)cc1. The molecular weight excluding hydrogens is 288 g/mol. The molecule has 0 saturated heterocycles. The van der Waals surface area contributed by atoms with Crippen molar-refractivity contribution in [3.63, 3.8) is 0 Å². The monoisotopic (exact) mass is 298 g/mol. The van der Waals surface area contributed by atoms with E-state index in [9.17, 15) is 0 Å². The van der Waals surface area contributed by atoms with Crippen LogP contribution in [0.25, 0.3) is 0 Å². The Balaban J connectivity index is 1.75. The fourth-order valence-corrected chi connectivity index (χ4v) is 1.81. The third kappa shape index (κ3) is 3.67. The number of rotatable bonds is 4. The number of benzene rings is 2. The van der Waals surface area contributed by atoms with Crippen molar-refractivity contribution >= 4 is 17.8 Å². The Labute approximate surface area is 126 Å². The van der Waals surface area contributed by atoms with Gasteiger partial charge in [0.2, 0.25) is 0 Å². The maximum atomic E-state index is 5.84. The summed E-state index contributed by atoms with van der Waals surface area (Å²) in [6.45, 7) is 0. The Morgan fingerprint density at radius 3 is 2.52 bits per heavy atom. The molecule has 1 heterocycles. The Morgan fingerprint density at radius 1 is 1.00 bits per heavy atom. The van der Waals surface area contributed by atoms with Gasteiger partial charge in [0.25, 0.3) is 0 Å². The van der Waals surface area contributed by atoms with Gasteiger partial charge in [0, 0.05) is 5.02 Å². The molecule has 0 atom stereocenters. The van der Waals surface area contributed by atoms with Gasteiger partial charge in [0.15, 0.2) is 0 Å². The van der Waals surface area contributed by atoms with E-state index in [1.165, 1.54) is 17.3 Å². The van der Waals surface area contributed by atoms with Gasteiger partial charge in [-0.2, -0.15) is 5.10 Å². The molecule has 0 spiro atoms. The van der Waals surface area contributed by atoms with Crippen LogP contribution in [0, 0.1) is 0 Å². The van der Waals surface area contributed by atoms with Crippen molar-refractivity contribution in [3.8, 4) is 11.5 Å². The van der Waals surface area contributed by atoms with Gasteiger partial charge in [-0.05, 0) is 42.0 Å². The number of hydrogen-bond donors (Lipinski definition) is 0. The van der Waals surface area contributed by atoms with Gasteiger partial charge in [-0.25, -0.2) is 4.68 Å². The Kier molecular flexibility index (Phi) is 3.93. The molecule has 6 heteroatoms. The van der Waals surface area contributed by atoms with Crippen LogP contribution in [0.1, 0.15) is 5.56 Å². The normalized spacial score (nSPS) is 10.9. The van der Waals surface area contributed by atoms with Gasteiger partial charge in [-0.3, -0.25) is 0 Å². The molecule has 0 aliphatic carbocycles. The van der Waals surface area contributed by atoms with Gasteiger partial charge in [-0.15, -0.1) is 10.2 Å². The van der Waals surface area contributed by atoms with E-state index in [1.54, 1.807) is 18.3 Å². The van der Waals surface area contributed by atoms with Crippen LogP contribution in [0.3, 0.4) is 0 Å². The zero-order valence-corrected chi connectivity index (χ0v) is 11.7. The molecule has 21 heavy (non-hydrogen) atoms. The average molecular weight is 299 g/mol. The van der Waals surface area contributed by atoms with E-state index in [1.807, 2.05) is 36.4 Å². The molecule has 0 aliphatic heterocycles. The molecule has 2 aromatic carbocycles. The van der Waals surface area contributed by atoms with E-state index in [4.69, 9.17) is 16.3 Å². The summed E-state index contributed by atoms with van der Waals surface area (Å²) < 4.78 is 7.28. The maximum Gasteiger partial charge on any atom is 0.141 e. The van der Waals surface area contributed by atoms with E-state index in [2.05, 4.69) is 15.3 Å². The van der Waals surface area contributed by atoms with Gasteiger partial charge in [-0.1, -0.05) is 23.7 Å². The van der Waals surface area contributed by atoms with Crippen molar-refractivity contribution in [1.82, 2.24) is 14.9 Å². The van der Waals surface area contributed by atoms with Crippen molar-refractivity contribution in [3.05, 3.63) is 71.8 Å². The topological polar surface area (TPSA) is 52.3 Å². The first kappa shape index (κ1) is 13.3. The molecule has 0 aliphatic rings. The lowest BCUT2D eigenvalue weighted by molar-refractivity contribution is 0.482. The summed E-state index contributed by atoms with van der Waals surface area (Å²) in [5.41, 5.74) is 0.912. The first-order chi connectivity index (χ1) is 10.3. The van der Waals surface area contributed by atoms with Crippen molar-refractivity contribution in [1.29, 1.82) is 0 Å². The quantitative estimate of drug-likeness (QED) is 0.691. The molecule has 104 valence electrons. The lowest BCUT2D eigenvalue weighted by atomic mass is 10.2. The molecular formula is C15H11ClN4O. The fourth-order valence-electron chi connectivity index (χ4n) is 1.69. The zero-order valence-electron chi connectivity index (χ0n) is 10.9. The lowest BCUT2D eigenvalue weighted by Crippen LogP contribution is -1.89. The van der Waals surface area contributed by atoms with Crippen LogP contribution in [0.5, 0.6) is 11.5 Å². The highest BCUT2D eigenvalue weighted by molar-refractivity contribution is 6.30. The minimum Gasteiger partial charge on any atom is -0.457 e. The van der Waals surface area contributed by atoms with Crippen LogP contribution < -0.4 is 4.74 Å². The first-order valence-corrected chi connectivity index (χ1v) is 6.60. The highest BCUT2D eigenvalue weighted by atomic mass is 35.5. The Morgan fingerprint density at radius 2 is 1.76 bits per heavy atom. The van der Waals surface area contributed by atoms with Crippen LogP contribution in [0.2, 0.25) is 5.02 Å². The molecule has 3 aromatic rings. The number of halogens is 1. The van der Waals surface area contributed by atoms with Crippen LogP contribution in [-0.4, -0.2) is 21.1 Å². The lowest BCUT2D eigenvalue weighted by Gasteiger charge is -2.06. The second-order valence-electron chi connectivity index (χ2n) is 4.21. The maximum absolute atomic E-state index is 5.84. The molecule has 0 saturated carbocycles. The Bertz CT molecular complexity index is 739.